The summed E-state index contributed by atoms with van der Waals surface area (Å²) in [5.41, 5.74) is 0.897. The molecule has 0 spiro atoms. The molecule has 1 saturated carbocycles. The van der Waals surface area contributed by atoms with Crippen LogP contribution in [-0.2, 0) is 9.84 Å². The van der Waals surface area contributed by atoms with Gasteiger partial charge < -0.3 is 9.80 Å². The van der Waals surface area contributed by atoms with E-state index in [4.69, 9.17) is 11.6 Å². The third-order valence-corrected chi connectivity index (χ3v) is 9.11. The number of aromatic nitrogens is 1. The molecule has 4 rings (SSSR count). The Kier molecular flexibility index (Phi) is 7.81. The van der Waals surface area contributed by atoms with Crippen molar-refractivity contribution in [3.8, 4) is 0 Å². The van der Waals surface area contributed by atoms with Gasteiger partial charge in [0.2, 0.25) is 0 Å². The van der Waals surface area contributed by atoms with E-state index >= 15 is 0 Å². The molecule has 2 aromatic rings. The second kappa shape index (κ2) is 10.6. The maximum absolute atomic E-state index is 13.5. The molecule has 2 aliphatic rings. The number of piperidine rings is 1. The highest BCUT2D eigenvalue weighted by Gasteiger charge is 2.41. The Labute approximate surface area is 205 Å². The Morgan fingerprint density at radius 2 is 1.82 bits per heavy atom. The van der Waals surface area contributed by atoms with Gasteiger partial charge in [0, 0.05) is 37.0 Å². The Bertz CT molecular complexity index is 1040. The molecule has 33 heavy (non-hydrogen) atoms. The normalized spacial score (nSPS) is 22.5. The molecule has 2 atom stereocenters. The van der Waals surface area contributed by atoms with Gasteiger partial charge in [0.15, 0.2) is 15.0 Å². The van der Waals surface area contributed by atoms with Gasteiger partial charge in [-0.25, -0.2) is 18.2 Å². The first kappa shape index (κ1) is 24.3. The minimum absolute atomic E-state index is 0.0939. The van der Waals surface area contributed by atoms with Crippen LogP contribution in [0.4, 0.5) is 15.6 Å². The maximum atomic E-state index is 13.5. The van der Waals surface area contributed by atoms with Gasteiger partial charge >= 0.3 is 6.03 Å². The summed E-state index contributed by atoms with van der Waals surface area (Å²) in [4.78, 5) is 21.6. The smallest absolute Gasteiger partial charge is 0.324 e. The lowest BCUT2D eigenvalue weighted by molar-refractivity contribution is 0.129. The van der Waals surface area contributed by atoms with E-state index in [1.54, 1.807) is 0 Å². The fraction of sp³-hybridized carbons (Fsp3) is 0.565. The lowest BCUT2D eigenvalue weighted by Gasteiger charge is -2.46. The lowest BCUT2D eigenvalue weighted by atomic mass is 9.97. The number of anilines is 2. The molecule has 0 bridgehead atoms. The van der Waals surface area contributed by atoms with E-state index in [1.807, 2.05) is 40.1 Å². The average molecular weight is 511 g/mol. The molecule has 1 aliphatic carbocycles. The van der Waals surface area contributed by atoms with E-state index in [2.05, 4.69) is 10.3 Å². The van der Waals surface area contributed by atoms with Crippen LogP contribution in [0.15, 0.2) is 36.5 Å². The summed E-state index contributed by atoms with van der Waals surface area (Å²) in [5.74, 6) is 0. The molecule has 7 nitrogen and oxygen atoms in total. The summed E-state index contributed by atoms with van der Waals surface area (Å²) in [7, 11) is -3.37. The highest BCUT2D eigenvalue weighted by Crippen LogP contribution is 2.34. The molecule has 1 aromatic carbocycles. The van der Waals surface area contributed by atoms with Crippen molar-refractivity contribution in [1.82, 2.24) is 9.88 Å². The van der Waals surface area contributed by atoms with Crippen LogP contribution >= 0.6 is 22.9 Å². The number of sulfone groups is 1. The van der Waals surface area contributed by atoms with Gasteiger partial charge in [0.05, 0.1) is 6.20 Å². The molecule has 1 saturated heterocycles. The lowest BCUT2D eigenvalue weighted by Crippen LogP contribution is -2.57. The number of nitrogens with zero attached hydrogens (tertiary/aromatic N) is 3. The van der Waals surface area contributed by atoms with Crippen molar-refractivity contribution >= 4 is 49.6 Å². The van der Waals surface area contributed by atoms with Gasteiger partial charge in [-0.15, -0.1) is 0 Å². The Morgan fingerprint density at radius 1 is 1.12 bits per heavy atom. The predicted molar refractivity (Wildman–Crippen MR) is 135 cm³/mol. The highest BCUT2D eigenvalue weighted by atomic mass is 35.5. The van der Waals surface area contributed by atoms with Crippen molar-refractivity contribution in [2.75, 3.05) is 23.0 Å². The quantitative estimate of drug-likeness (QED) is 0.545. The van der Waals surface area contributed by atoms with Crippen LogP contribution in [-0.4, -0.2) is 54.6 Å². The number of thiazole rings is 1. The average Bonchev–Trinajstić information content (AvgIpc) is 3.02. The van der Waals surface area contributed by atoms with Crippen molar-refractivity contribution in [3.63, 3.8) is 0 Å². The molecule has 2 heterocycles. The van der Waals surface area contributed by atoms with Crippen molar-refractivity contribution < 1.29 is 13.2 Å². The number of carbonyl (C=O) groups is 1. The van der Waals surface area contributed by atoms with Gasteiger partial charge in [0.25, 0.3) is 0 Å². The number of nitrogens with one attached hydrogen (secondary N) is 1. The summed E-state index contributed by atoms with van der Waals surface area (Å²) >= 11 is 7.23. The predicted octanol–water partition coefficient (Wildman–Crippen LogP) is 5.39. The van der Waals surface area contributed by atoms with E-state index < -0.39 is 15.2 Å². The number of carbonyl (C=O) groups excluding carboxylic acids is 1. The molecule has 2 unspecified atom stereocenters. The van der Waals surface area contributed by atoms with Gasteiger partial charge in [0.1, 0.15) is 9.71 Å². The van der Waals surface area contributed by atoms with Crippen LogP contribution in [0.5, 0.6) is 0 Å². The number of hydrogen-bond donors (Lipinski definition) is 1. The molecule has 1 N–H and O–H groups in total. The number of para-hydroxylation sites is 1. The summed E-state index contributed by atoms with van der Waals surface area (Å²) < 4.78 is 26.2. The number of urea groups is 1. The fourth-order valence-electron chi connectivity index (χ4n) is 5.12. The zero-order chi connectivity index (χ0) is 23.4. The summed E-state index contributed by atoms with van der Waals surface area (Å²) in [5, 5.41) is 2.71. The summed E-state index contributed by atoms with van der Waals surface area (Å²) in [6, 6.07) is 9.38. The molecule has 2 amide bonds. The minimum Gasteiger partial charge on any atom is -0.355 e. The monoisotopic (exact) mass is 510 g/mol. The first-order valence-electron chi connectivity index (χ1n) is 11.5. The topological polar surface area (TPSA) is 82.6 Å². The zero-order valence-corrected chi connectivity index (χ0v) is 21.2. The Hall–Kier alpha value is -1.84. The first-order valence-corrected chi connectivity index (χ1v) is 14.7. The molecule has 10 heteroatoms. The highest BCUT2D eigenvalue weighted by molar-refractivity contribution is 7.91. The van der Waals surface area contributed by atoms with Crippen LogP contribution in [0.2, 0.25) is 4.34 Å². The number of amides is 2. The van der Waals surface area contributed by atoms with Gasteiger partial charge in [-0.1, -0.05) is 66.8 Å². The second-order valence-corrected chi connectivity index (χ2v) is 12.8. The molecule has 180 valence electrons. The van der Waals surface area contributed by atoms with Crippen LogP contribution in [0, 0.1) is 0 Å². The number of rotatable bonds is 5. The number of halogens is 1. The van der Waals surface area contributed by atoms with Crippen LogP contribution in [0.1, 0.15) is 51.4 Å². The van der Waals surface area contributed by atoms with Gasteiger partial charge in [-0.3, -0.25) is 5.32 Å². The Morgan fingerprint density at radius 3 is 2.42 bits per heavy atom. The third-order valence-electron chi connectivity index (χ3n) is 6.64. The van der Waals surface area contributed by atoms with E-state index in [9.17, 15) is 13.2 Å². The third kappa shape index (κ3) is 6.00. The summed E-state index contributed by atoms with van der Waals surface area (Å²) in [6.45, 7) is 0.575. The first-order chi connectivity index (χ1) is 15.8. The fourth-order valence-corrected chi connectivity index (χ4v) is 7.18. The van der Waals surface area contributed by atoms with E-state index in [1.165, 1.54) is 36.6 Å². The van der Waals surface area contributed by atoms with Gasteiger partial charge in [-0.05, 0) is 31.4 Å². The molecule has 2 fully saturated rings. The van der Waals surface area contributed by atoms with Crippen molar-refractivity contribution in [1.29, 1.82) is 0 Å². The molecule has 1 aliphatic heterocycles. The van der Waals surface area contributed by atoms with Gasteiger partial charge in [-0.2, -0.15) is 0 Å². The molecular weight excluding hydrogens is 480 g/mol. The van der Waals surface area contributed by atoms with Crippen molar-refractivity contribution in [2.45, 2.75) is 68.8 Å². The van der Waals surface area contributed by atoms with Crippen LogP contribution in [0.25, 0.3) is 0 Å². The molecule has 0 radical (unpaired) electrons. The maximum Gasteiger partial charge on any atom is 0.324 e. The summed E-state index contributed by atoms with van der Waals surface area (Å²) in [6.07, 6.45) is 10.3. The number of hydrogen-bond acceptors (Lipinski definition) is 6. The molecule has 1 aromatic heterocycles. The second-order valence-electron chi connectivity index (χ2n) is 8.94. The van der Waals surface area contributed by atoms with E-state index in [0.717, 1.165) is 31.4 Å². The molecular formula is C23H31ClN4O3S2. The SMILES string of the molecule is CS(=O)(=O)C1CC(N(C(=O)Nc2ncc(Cl)s2)C2CCCCCC2)CCN1c1ccccc1. The standard InChI is InChI=1S/C23H31ClN4O3S2/c1-33(30,31)21-15-19(13-14-27(21)17-9-7-4-8-10-17)28(18-11-5-2-3-6-12-18)23(29)26-22-25-16-20(24)32-22/h4,7-10,16,18-19,21H,2-3,5-6,11-15H2,1H3,(H,25,26,29). The van der Waals surface area contributed by atoms with Crippen molar-refractivity contribution in [2.24, 2.45) is 0 Å². The van der Waals surface area contributed by atoms with Crippen LogP contribution < -0.4 is 10.2 Å². The van der Waals surface area contributed by atoms with E-state index in [0.29, 0.717) is 28.9 Å². The van der Waals surface area contributed by atoms with Crippen molar-refractivity contribution in [3.05, 3.63) is 40.9 Å². The number of benzene rings is 1. The minimum atomic E-state index is -3.37. The van der Waals surface area contributed by atoms with E-state index in [-0.39, 0.29) is 18.1 Å². The van der Waals surface area contributed by atoms with Crippen LogP contribution in [0.3, 0.4) is 0 Å². The Balaban J connectivity index is 1.61. The zero-order valence-electron chi connectivity index (χ0n) is 18.8. The largest absolute Gasteiger partial charge is 0.355 e.